The number of carbonyl (C=O) groups excluding carboxylic acids is 1. The Morgan fingerprint density at radius 3 is 2.38 bits per heavy atom. The summed E-state index contributed by atoms with van der Waals surface area (Å²) in [5.41, 5.74) is 12.1. The van der Waals surface area contributed by atoms with Gasteiger partial charge in [-0.2, -0.15) is 0 Å². The highest BCUT2D eigenvalue weighted by atomic mass is 19.1. The minimum atomic E-state index is -0.327. The smallest absolute Gasteiger partial charge is 0.169 e. The highest BCUT2D eigenvalue weighted by molar-refractivity contribution is 6.01. The second-order valence-electron chi connectivity index (χ2n) is 10.3. The van der Waals surface area contributed by atoms with Crippen molar-refractivity contribution in [2.75, 3.05) is 5.73 Å². The van der Waals surface area contributed by atoms with Gasteiger partial charge >= 0.3 is 0 Å². The topological polar surface area (TPSA) is 55.1 Å². The first-order chi connectivity index (χ1) is 17.8. The molecule has 0 amide bonds. The number of benzene rings is 3. The molecular weight excluding hydrogens is 459 g/mol. The van der Waals surface area contributed by atoms with E-state index in [1.165, 1.54) is 39.6 Å². The number of nitrogens with one attached hydrogen (secondary N) is 1. The van der Waals surface area contributed by atoms with Crippen molar-refractivity contribution in [2.45, 2.75) is 32.1 Å². The van der Waals surface area contributed by atoms with Crippen LogP contribution in [0.15, 0.2) is 91.3 Å². The number of carbonyl (C=O) groups is 1. The van der Waals surface area contributed by atoms with Crippen LogP contribution in [0, 0.1) is 11.7 Å². The van der Waals surface area contributed by atoms with E-state index in [1.807, 2.05) is 48.8 Å². The molecular formula is C33H31FN2O. The van der Waals surface area contributed by atoms with Gasteiger partial charge in [0.25, 0.3) is 0 Å². The first-order valence-corrected chi connectivity index (χ1v) is 12.6. The second-order valence-corrected chi connectivity index (χ2v) is 10.3. The van der Waals surface area contributed by atoms with E-state index in [2.05, 4.69) is 49.5 Å². The molecule has 1 heterocycles. The lowest BCUT2D eigenvalue weighted by atomic mass is 9.69. The summed E-state index contributed by atoms with van der Waals surface area (Å²) in [5.74, 6) is -0.515. The second kappa shape index (κ2) is 10.1. The molecule has 3 aliphatic rings. The zero-order chi connectivity index (χ0) is 26.0. The van der Waals surface area contributed by atoms with Crippen molar-refractivity contribution in [1.82, 2.24) is 5.32 Å². The Hall–Kier alpha value is -4.18. The lowest BCUT2D eigenvalue weighted by Crippen LogP contribution is -2.43. The molecule has 37 heavy (non-hydrogen) atoms. The summed E-state index contributed by atoms with van der Waals surface area (Å²) >= 11 is 0. The summed E-state index contributed by atoms with van der Waals surface area (Å²) in [5, 5.41) is 5.26. The Labute approximate surface area is 217 Å². The molecule has 4 heteroatoms. The fourth-order valence-electron chi connectivity index (χ4n) is 5.42. The van der Waals surface area contributed by atoms with Crippen LogP contribution in [0.4, 0.5) is 10.1 Å². The third-order valence-corrected chi connectivity index (χ3v) is 7.25. The van der Waals surface area contributed by atoms with Crippen LogP contribution in [0.3, 0.4) is 0 Å². The predicted molar refractivity (Wildman–Crippen MR) is 151 cm³/mol. The van der Waals surface area contributed by atoms with Gasteiger partial charge in [0.1, 0.15) is 5.82 Å². The molecule has 186 valence electrons. The van der Waals surface area contributed by atoms with E-state index in [0.717, 1.165) is 23.7 Å². The maximum absolute atomic E-state index is 13.3. The first kappa shape index (κ1) is 24.5. The lowest BCUT2D eigenvalue weighted by Gasteiger charge is -2.34. The van der Waals surface area contributed by atoms with Crippen LogP contribution >= 0.6 is 0 Å². The number of halogens is 1. The Morgan fingerprint density at radius 2 is 1.65 bits per heavy atom. The summed E-state index contributed by atoms with van der Waals surface area (Å²) in [6.07, 6.45) is 17.6. The van der Waals surface area contributed by atoms with Crippen molar-refractivity contribution < 1.29 is 9.18 Å². The number of fused-ring (bicyclic) bond motifs is 5. The monoisotopic (exact) mass is 490 g/mol. The van der Waals surface area contributed by atoms with Crippen LogP contribution in [0.2, 0.25) is 0 Å². The van der Waals surface area contributed by atoms with Crippen molar-refractivity contribution in [3.8, 4) is 11.1 Å². The molecule has 3 aromatic carbocycles. The molecule has 0 saturated carbocycles. The quantitative estimate of drug-likeness (QED) is 0.366. The minimum Gasteiger partial charge on any atom is -0.399 e. The van der Waals surface area contributed by atoms with Crippen LogP contribution in [0.1, 0.15) is 41.8 Å². The molecule has 3 aromatic rings. The Kier molecular flexibility index (Phi) is 6.66. The SMILES string of the molecule is C1=CC=CNC=C1.CC1(C)CC(C(=O)c2ccc(F)cc2)C=c2c1ccc1c2=CCc2ccc(N)cc2-1. The van der Waals surface area contributed by atoms with Gasteiger partial charge in [0, 0.05) is 29.6 Å². The molecule has 0 radical (unpaired) electrons. The zero-order valence-electron chi connectivity index (χ0n) is 21.2. The van der Waals surface area contributed by atoms with Gasteiger partial charge in [-0.25, -0.2) is 4.39 Å². The molecule has 0 saturated heterocycles. The molecule has 6 rings (SSSR count). The zero-order valence-corrected chi connectivity index (χ0v) is 21.2. The van der Waals surface area contributed by atoms with Crippen molar-refractivity contribution in [3.63, 3.8) is 0 Å². The van der Waals surface area contributed by atoms with Crippen LogP contribution < -0.4 is 21.5 Å². The summed E-state index contributed by atoms with van der Waals surface area (Å²) in [7, 11) is 0. The van der Waals surface area contributed by atoms with Gasteiger partial charge in [-0.15, -0.1) is 0 Å². The van der Waals surface area contributed by atoms with Crippen LogP contribution in [-0.4, -0.2) is 5.78 Å². The van der Waals surface area contributed by atoms with E-state index in [1.54, 1.807) is 12.1 Å². The number of nitrogen functional groups attached to an aromatic ring is 1. The van der Waals surface area contributed by atoms with Crippen molar-refractivity contribution in [3.05, 3.63) is 124 Å². The Morgan fingerprint density at radius 1 is 0.919 bits per heavy atom. The van der Waals surface area contributed by atoms with E-state index in [0.29, 0.717) is 5.56 Å². The summed E-state index contributed by atoms with van der Waals surface area (Å²) in [4.78, 5) is 13.2. The number of hydrogen-bond donors (Lipinski definition) is 2. The van der Waals surface area contributed by atoms with Crippen LogP contribution in [0.5, 0.6) is 0 Å². The van der Waals surface area contributed by atoms with Gasteiger partial charge < -0.3 is 11.1 Å². The lowest BCUT2D eigenvalue weighted by molar-refractivity contribution is 0.0933. The number of ketones is 1. The van der Waals surface area contributed by atoms with Crippen LogP contribution in [-0.2, 0) is 11.8 Å². The third-order valence-electron chi connectivity index (χ3n) is 7.25. The highest BCUT2D eigenvalue weighted by Crippen LogP contribution is 2.35. The molecule has 3 N–H and O–H groups in total. The summed E-state index contributed by atoms with van der Waals surface area (Å²) < 4.78 is 13.3. The van der Waals surface area contributed by atoms with E-state index in [-0.39, 0.29) is 22.9 Å². The molecule has 1 aliphatic heterocycles. The average Bonchev–Trinajstić information content (AvgIpc) is 3.21. The first-order valence-electron chi connectivity index (χ1n) is 12.6. The molecule has 1 atom stereocenters. The predicted octanol–water partition coefficient (Wildman–Crippen LogP) is 5.55. The maximum Gasteiger partial charge on any atom is 0.169 e. The normalized spacial score (nSPS) is 17.9. The summed E-state index contributed by atoms with van der Waals surface area (Å²) in [6.45, 7) is 4.40. The van der Waals surface area contributed by atoms with E-state index < -0.39 is 0 Å². The molecule has 2 aliphatic carbocycles. The van der Waals surface area contributed by atoms with Gasteiger partial charge in [0.05, 0.1) is 0 Å². The standard InChI is InChI=1S/C27H24FNO.C6H7N/c1-27(2)15-18(26(30)17-3-7-19(28)8-4-17)13-24-22-10-6-16-5-9-20(29)14-23(16)21(22)11-12-25(24)27;1-2-4-6-7-5-3-1/h3-5,7-14,18H,6,15,29H2,1-2H3;1-7H. The van der Waals surface area contributed by atoms with Crippen molar-refractivity contribution in [2.24, 2.45) is 5.92 Å². The van der Waals surface area contributed by atoms with E-state index >= 15 is 0 Å². The van der Waals surface area contributed by atoms with Crippen LogP contribution in [0.25, 0.3) is 23.3 Å². The van der Waals surface area contributed by atoms with Gasteiger partial charge in [-0.05, 0) is 99.5 Å². The highest BCUT2D eigenvalue weighted by Gasteiger charge is 2.33. The average molecular weight is 491 g/mol. The molecule has 1 unspecified atom stereocenters. The van der Waals surface area contributed by atoms with Gasteiger partial charge in [0.2, 0.25) is 0 Å². The molecule has 0 bridgehead atoms. The number of Topliss-reactive ketones (excluding diaryl/α,β-unsaturated/α-hetero) is 1. The number of nitrogens with two attached hydrogens (primary N) is 1. The Balaban J connectivity index is 0.000000348. The van der Waals surface area contributed by atoms with Gasteiger partial charge in [0.15, 0.2) is 5.78 Å². The van der Waals surface area contributed by atoms with Crippen molar-refractivity contribution in [1.29, 1.82) is 0 Å². The number of allylic oxidation sites excluding steroid dienone is 4. The van der Waals surface area contributed by atoms with Crippen molar-refractivity contribution >= 4 is 23.6 Å². The maximum atomic E-state index is 13.3. The van der Waals surface area contributed by atoms with Gasteiger partial charge in [-0.3, -0.25) is 4.79 Å². The molecule has 3 nitrogen and oxygen atoms in total. The largest absolute Gasteiger partial charge is 0.399 e. The fourth-order valence-corrected chi connectivity index (χ4v) is 5.42. The number of hydrogen-bond acceptors (Lipinski definition) is 3. The molecule has 0 spiro atoms. The molecule has 0 fully saturated rings. The minimum absolute atomic E-state index is 0.0479. The third kappa shape index (κ3) is 5.05. The van der Waals surface area contributed by atoms with E-state index in [4.69, 9.17) is 5.73 Å². The fraction of sp³-hybridized carbons (Fsp3) is 0.182. The van der Waals surface area contributed by atoms with E-state index in [9.17, 15) is 9.18 Å². The number of rotatable bonds is 2. The summed E-state index contributed by atoms with van der Waals surface area (Å²) in [6, 6.07) is 16.4. The Bertz CT molecular complexity index is 1550. The van der Waals surface area contributed by atoms with Gasteiger partial charge in [-0.1, -0.05) is 56.4 Å². The number of anilines is 1. The molecule has 0 aromatic heterocycles.